The van der Waals surface area contributed by atoms with Crippen molar-refractivity contribution in [2.24, 2.45) is 0 Å². The van der Waals surface area contributed by atoms with E-state index in [-0.39, 0.29) is 17.2 Å². The SMILES string of the molecule is CNC1CCN(c2cc(OC)c(-c3nc4c(C)nn(-c5ccccc5)c4c(=O)[nH]3)cc2F)CC1. The average Bonchev–Trinajstić information content (AvgIpc) is 3.21. The van der Waals surface area contributed by atoms with Gasteiger partial charge in [-0.25, -0.2) is 14.1 Å². The summed E-state index contributed by atoms with van der Waals surface area (Å²) in [6.45, 7) is 3.31. The van der Waals surface area contributed by atoms with Crippen molar-refractivity contribution in [1.82, 2.24) is 25.1 Å². The molecule has 0 radical (unpaired) electrons. The number of aromatic amines is 1. The van der Waals surface area contributed by atoms with Crippen LogP contribution in [0.25, 0.3) is 28.1 Å². The van der Waals surface area contributed by atoms with Crippen molar-refractivity contribution in [3.05, 3.63) is 64.3 Å². The number of nitrogens with zero attached hydrogens (tertiary/aromatic N) is 4. The summed E-state index contributed by atoms with van der Waals surface area (Å²) >= 11 is 0. The lowest BCUT2D eigenvalue weighted by Gasteiger charge is -2.34. The van der Waals surface area contributed by atoms with Gasteiger partial charge in [-0.15, -0.1) is 0 Å². The van der Waals surface area contributed by atoms with Gasteiger partial charge in [0.25, 0.3) is 5.56 Å². The van der Waals surface area contributed by atoms with Crippen molar-refractivity contribution < 1.29 is 9.13 Å². The van der Waals surface area contributed by atoms with Crippen LogP contribution < -0.4 is 20.5 Å². The molecule has 34 heavy (non-hydrogen) atoms. The first-order chi connectivity index (χ1) is 16.5. The maximum atomic E-state index is 15.3. The summed E-state index contributed by atoms with van der Waals surface area (Å²) in [6.07, 6.45) is 1.88. The fourth-order valence-corrected chi connectivity index (χ4v) is 4.59. The first-order valence-corrected chi connectivity index (χ1v) is 11.4. The van der Waals surface area contributed by atoms with E-state index in [9.17, 15) is 4.79 Å². The lowest BCUT2D eigenvalue weighted by Crippen LogP contribution is -2.41. The van der Waals surface area contributed by atoms with Crippen molar-refractivity contribution in [3.8, 4) is 22.8 Å². The van der Waals surface area contributed by atoms with Gasteiger partial charge in [0.05, 0.1) is 29.7 Å². The predicted octanol–water partition coefficient (Wildman–Crippen LogP) is 3.42. The third kappa shape index (κ3) is 3.81. The van der Waals surface area contributed by atoms with Crippen molar-refractivity contribution in [3.63, 3.8) is 0 Å². The van der Waals surface area contributed by atoms with Gasteiger partial charge in [0.1, 0.15) is 22.9 Å². The molecule has 0 amide bonds. The quantitative estimate of drug-likeness (QED) is 0.473. The molecule has 8 nitrogen and oxygen atoms in total. The number of aromatic nitrogens is 4. The Labute approximate surface area is 196 Å². The molecular weight excluding hydrogens is 435 g/mol. The van der Waals surface area contributed by atoms with Crippen LogP contribution in [0.3, 0.4) is 0 Å². The molecule has 1 aliphatic rings. The van der Waals surface area contributed by atoms with Crippen LogP contribution in [0.5, 0.6) is 5.75 Å². The summed E-state index contributed by atoms with van der Waals surface area (Å²) in [5, 5.41) is 7.81. The first kappa shape index (κ1) is 22.1. The van der Waals surface area contributed by atoms with E-state index in [1.165, 1.54) is 13.2 Å². The minimum absolute atomic E-state index is 0.240. The van der Waals surface area contributed by atoms with Crippen LogP contribution in [0.15, 0.2) is 47.3 Å². The molecule has 1 saturated heterocycles. The lowest BCUT2D eigenvalue weighted by molar-refractivity contribution is 0.413. The maximum absolute atomic E-state index is 15.3. The number of benzene rings is 2. The molecule has 3 heterocycles. The number of ether oxygens (including phenoxy) is 1. The van der Waals surface area contributed by atoms with E-state index < -0.39 is 0 Å². The van der Waals surface area contributed by atoms with E-state index >= 15 is 4.39 Å². The summed E-state index contributed by atoms with van der Waals surface area (Å²) < 4.78 is 22.5. The second-order valence-electron chi connectivity index (χ2n) is 8.50. The largest absolute Gasteiger partial charge is 0.496 e. The molecule has 5 rings (SSSR count). The number of aryl methyl sites for hydroxylation is 1. The number of fused-ring (bicyclic) bond motifs is 1. The number of hydrogen-bond donors (Lipinski definition) is 2. The minimum atomic E-state index is -0.377. The van der Waals surface area contributed by atoms with Gasteiger partial charge in [0, 0.05) is 25.2 Å². The van der Waals surface area contributed by atoms with E-state index in [0.717, 1.165) is 31.6 Å². The van der Waals surface area contributed by atoms with Gasteiger partial charge >= 0.3 is 0 Å². The number of piperidine rings is 1. The van der Waals surface area contributed by atoms with Crippen LogP contribution in [0.1, 0.15) is 18.5 Å². The summed E-state index contributed by atoms with van der Waals surface area (Å²) in [7, 11) is 3.48. The van der Waals surface area contributed by atoms with E-state index in [0.29, 0.717) is 39.8 Å². The second kappa shape index (κ2) is 8.90. The highest BCUT2D eigenvalue weighted by atomic mass is 19.1. The van der Waals surface area contributed by atoms with Gasteiger partial charge in [-0.2, -0.15) is 5.10 Å². The van der Waals surface area contributed by atoms with Gasteiger partial charge < -0.3 is 19.9 Å². The second-order valence-corrected chi connectivity index (χ2v) is 8.50. The molecule has 2 N–H and O–H groups in total. The Morgan fingerprint density at radius 1 is 1.18 bits per heavy atom. The number of anilines is 1. The minimum Gasteiger partial charge on any atom is -0.496 e. The molecule has 1 aliphatic heterocycles. The van der Waals surface area contributed by atoms with Crippen LogP contribution in [-0.2, 0) is 0 Å². The summed E-state index contributed by atoms with van der Waals surface area (Å²) in [5.41, 5.74) is 2.70. The van der Waals surface area contributed by atoms with Crippen LogP contribution >= 0.6 is 0 Å². The van der Waals surface area contributed by atoms with E-state index in [1.807, 2.05) is 42.3 Å². The van der Waals surface area contributed by atoms with Crippen molar-refractivity contribution >= 4 is 16.7 Å². The molecule has 1 fully saturated rings. The molecule has 9 heteroatoms. The standard InChI is InChI=1S/C25H27FN6O2/c1-15-22-23(32(30-15)17-7-5-4-6-8-17)25(33)29-24(28-22)18-13-19(26)20(14-21(18)34-3)31-11-9-16(27-2)10-12-31/h4-8,13-14,16,27H,9-12H2,1-3H3,(H,28,29,33). The molecule has 2 aromatic heterocycles. The molecule has 0 aliphatic carbocycles. The fraction of sp³-hybridized carbons (Fsp3) is 0.320. The smallest absolute Gasteiger partial charge is 0.277 e. The van der Waals surface area contributed by atoms with Crippen LogP contribution in [-0.4, -0.2) is 53.0 Å². The summed E-state index contributed by atoms with van der Waals surface area (Å²) in [5.74, 6) is 0.310. The Hall–Kier alpha value is -3.72. The molecule has 0 unspecified atom stereocenters. The first-order valence-electron chi connectivity index (χ1n) is 11.4. The Balaban J connectivity index is 1.58. The topological polar surface area (TPSA) is 88.1 Å². The zero-order chi connectivity index (χ0) is 23.8. The highest BCUT2D eigenvalue weighted by molar-refractivity contribution is 5.81. The number of methoxy groups -OCH3 is 1. The maximum Gasteiger partial charge on any atom is 0.277 e. The molecule has 2 aromatic carbocycles. The number of H-pyrrole nitrogens is 1. The monoisotopic (exact) mass is 462 g/mol. The average molecular weight is 463 g/mol. The van der Waals surface area contributed by atoms with E-state index in [4.69, 9.17) is 4.74 Å². The summed E-state index contributed by atoms with van der Waals surface area (Å²) in [6, 6.07) is 12.9. The summed E-state index contributed by atoms with van der Waals surface area (Å²) in [4.78, 5) is 22.6. The molecule has 0 saturated carbocycles. The third-order valence-corrected chi connectivity index (χ3v) is 6.47. The molecular formula is C25H27FN6O2. The molecule has 0 bridgehead atoms. The predicted molar refractivity (Wildman–Crippen MR) is 130 cm³/mol. The Bertz CT molecular complexity index is 1390. The zero-order valence-corrected chi connectivity index (χ0v) is 19.4. The molecule has 4 aromatic rings. The third-order valence-electron chi connectivity index (χ3n) is 6.47. The number of para-hydroxylation sites is 1. The highest BCUT2D eigenvalue weighted by Gasteiger charge is 2.24. The van der Waals surface area contributed by atoms with Crippen molar-refractivity contribution in [2.75, 3.05) is 32.1 Å². The Kier molecular flexibility index (Phi) is 5.79. The normalized spacial score (nSPS) is 14.6. The molecule has 0 spiro atoms. The molecule has 0 atom stereocenters. The Morgan fingerprint density at radius 3 is 2.59 bits per heavy atom. The number of hydrogen-bond acceptors (Lipinski definition) is 6. The zero-order valence-electron chi connectivity index (χ0n) is 19.4. The van der Waals surface area contributed by atoms with Crippen molar-refractivity contribution in [1.29, 1.82) is 0 Å². The van der Waals surface area contributed by atoms with Crippen molar-refractivity contribution in [2.45, 2.75) is 25.8 Å². The number of halogens is 1. The van der Waals surface area contributed by atoms with Crippen LogP contribution in [0, 0.1) is 12.7 Å². The van der Waals surface area contributed by atoms with Gasteiger partial charge in [0.2, 0.25) is 0 Å². The van der Waals surface area contributed by atoms with Crippen LogP contribution in [0.4, 0.5) is 10.1 Å². The Morgan fingerprint density at radius 2 is 1.91 bits per heavy atom. The van der Waals surface area contributed by atoms with Gasteiger partial charge in [-0.05, 0) is 45.0 Å². The number of nitrogens with one attached hydrogen (secondary N) is 2. The number of rotatable bonds is 5. The van der Waals surface area contributed by atoms with Gasteiger partial charge in [0.15, 0.2) is 5.52 Å². The van der Waals surface area contributed by atoms with Crippen LogP contribution in [0.2, 0.25) is 0 Å². The molecule has 176 valence electrons. The van der Waals surface area contributed by atoms with Gasteiger partial charge in [-0.3, -0.25) is 4.79 Å². The van der Waals surface area contributed by atoms with E-state index in [2.05, 4.69) is 20.4 Å². The van der Waals surface area contributed by atoms with Gasteiger partial charge in [-0.1, -0.05) is 18.2 Å². The lowest BCUT2D eigenvalue weighted by atomic mass is 10.0. The highest BCUT2D eigenvalue weighted by Crippen LogP contribution is 2.35. The van der Waals surface area contributed by atoms with E-state index in [1.54, 1.807) is 17.7 Å². The fourth-order valence-electron chi connectivity index (χ4n) is 4.59.